The van der Waals surface area contributed by atoms with Gasteiger partial charge in [-0.3, -0.25) is 0 Å². The average Bonchev–Trinajstić information content (AvgIpc) is 2.95. The highest BCUT2D eigenvalue weighted by Crippen LogP contribution is 2.32. The second-order valence-electron chi connectivity index (χ2n) is 4.91. The van der Waals surface area contributed by atoms with Gasteiger partial charge in [0, 0.05) is 18.1 Å². The molecular formula is C15H16N2O3. The van der Waals surface area contributed by atoms with Gasteiger partial charge in [0.2, 0.25) is 0 Å². The Morgan fingerprint density at radius 1 is 1.45 bits per heavy atom. The SMILES string of the molecule is COc1ccc2ccnc(N3CCCC3C(=O)O)c2c1. The van der Waals surface area contributed by atoms with E-state index in [2.05, 4.69) is 4.98 Å². The Balaban J connectivity index is 2.13. The first-order valence-electron chi connectivity index (χ1n) is 6.63. The number of ether oxygens (including phenoxy) is 1. The quantitative estimate of drug-likeness (QED) is 0.928. The lowest BCUT2D eigenvalue weighted by Crippen LogP contribution is -2.36. The van der Waals surface area contributed by atoms with Gasteiger partial charge in [-0.05, 0) is 36.4 Å². The number of carbonyl (C=O) groups is 1. The van der Waals surface area contributed by atoms with Crippen LogP contribution < -0.4 is 9.64 Å². The Morgan fingerprint density at radius 3 is 3.05 bits per heavy atom. The predicted molar refractivity (Wildman–Crippen MR) is 76.3 cm³/mol. The third kappa shape index (κ3) is 2.05. The summed E-state index contributed by atoms with van der Waals surface area (Å²) < 4.78 is 5.25. The predicted octanol–water partition coefficient (Wildman–Crippen LogP) is 2.30. The van der Waals surface area contributed by atoms with Gasteiger partial charge in [0.1, 0.15) is 17.6 Å². The minimum atomic E-state index is -0.788. The monoisotopic (exact) mass is 272 g/mol. The lowest BCUT2D eigenvalue weighted by atomic mass is 10.1. The van der Waals surface area contributed by atoms with Gasteiger partial charge < -0.3 is 14.7 Å². The molecule has 20 heavy (non-hydrogen) atoms. The van der Waals surface area contributed by atoms with Crippen molar-refractivity contribution in [1.29, 1.82) is 0 Å². The highest BCUT2D eigenvalue weighted by atomic mass is 16.5. The van der Waals surface area contributed by atoms with Gasteiger partial charge in [-0.15, -0.1) is 0 Å². The molecule has 0 aliphatic carbocycles. The van der Waals surface area contributed by atoms with E-state index < -0.39 is 12.0 Å². The lowest BCUT2D eigenvalue weighted by Gasteiger charge is -2.23. The first-order valence-corrected chi connectivity index (χ1v) is 6.63. The number of hydrogen-bond donors (Lipinski definition) is 1. The molecule has 0 spiro atoms. The molecule has 5 nitrogen and oxygen atoms in total. The van der Waals surface area contributed by atoms with Gasteiger partial charge in [0.05, 0.1) is 7.11 Å². The number of methoxy groups -OCH3 is 1. The number of benzene rings is 1. The van der Waals surface area contributed by atoms with Crippen LogP contribution in [0.3, 0.4) is 0 Å². The van der Waals surface area contributed by atoms with Crippen molar-refractivity contribution in [3.05, 3.63) is 30.5 Å². The van der Waals surface area contributed by atoms with Crippen molar-refractivity contribution in [3.63, 3.8) is 0 Å². The first-order chi connectivity index (χ1) is 9.70. The van der Waals surface area contributed by atoms with Crippen LogP contribution in [0.25, 0.3) is 10.8 Å². The molecule has 1 aliphatic rings. The number of anilines is 1. The van der Waals surface area contributed by atoms with Crippen LogP contribution in [0.1, 0.15) is 12.8 Å². The zero-order valence-corrected chi connectivity index (χ0v) is 11.2. The number of aromatic nitrogens is 1. The van der Waals surface area contributed by atoms with Crippen molar-refractivity contribution in [2.75, 3.05) is 18.6 Å². The van der Waals surface area contributed by atoms with Crippen LogP contribution in [-0.4, -0.2) is 35.8 Å². The number of carboxylic acid groups (broad SMARTS) is 1. The van der Waals surface area contributed by atoms with Gasteiger partial charge >= 0.3 is 5.97 Å². The maximum Gasteiger partial charge on any atom is 0.326 e. The number of carboxylic acids is 1. The maximum absolute atomic E-state index is 11.4. The summed E-state index contributed by atoms with van der Waals surface area (Å²) >= 11 is 0. The van der Waals surface area contributed by atoms with E-state index in [0.29, 0.717) is 6.42 Å². The molecule has 2 heterocycles. The molecule has 0 radical (unpaired) electrons. The van der Waals surface area contributed by atoms with E-state index in [1.807, 2.05) is 29.2 Å². The van der Waals surface area contributed by atoms with Crippen molar-refractivity contribution in [2.24, 2.45) is 0 Å². The van der Waals surface area contributed by atoms with E-state index in [-0.39, 0.29) is 0 Å². The van der Waals surface area contributed by atoms with Crippen molar-refractivity contribution in [1.82, 2.24) is 4.98 Å². The van der Waals surface area contributed by atoms with E-state index in [0.717, 1.165) is 35.3 Å². The number of rotatable bonds is 3. The van der Waals surface area contributed by atoms with Crippen molar-refractivity contribution < 1.29 is 14.6 Å². The smallest absolute Gasteiger partial charge is 0.326 e. The molecule has 1 aromatic carbocycles. The molecule has 1 saturated heterocycles. The molecule has 1 N–H and O–H groups in total. The van der Waals surface area contributed by atoms with Crippen LogP contribution in [0, 0.1) is 0 Å². The lowest BCUT2D eigenvalue weighted by molar-refractivity contribution is -0.138. The summed E-state index contributed by atoms with van der Waals surface area (Å²) in [7, 11) is 1.62. The van der Waals surface area contributed by atoms with E-state index in [4.69, 9.17) is 4.74 Å². The molecule has 104 valence electrons. The number of aliphatic carboxylic acids is 1. The highest BCUT2D eigenvalue weighted by molar-refractivity contribution is 5.95. The maximum atomic E-state index is 11.4. The van der Waals surface area contributed by atoms with Crippen LogP contribution in [0.15, 0.2) is 30.5 Å². The Bertz CT molecular complexity index is 657. The third-order valence-electron chi connectivity index (χ3n) is 3.76. The number of fused-ring (bicyclic) bond motifs is 1. The molecule has 0 amide bonds. The molecule has 5 heteroatoms. The summed E-state index contributed by atoms with van der Waals surface area (Å²) in [6, 6.07) is 7.20. The number of pyridine rings is 1. The van der Waals surface area contributed by atoms with Crippen molar-refractivity contribution in [3.8, 4) is 5.75 Å². The topological polar surface area (TPSA) is 62.7 Å². The highest BCUT2D eigenvalue weighted by Gasteiger charge is 2.32. The molecule has 1 aromatic heterocycles. The standard InChI is InChI=1S/C15H16N2O3/c1-20-11-5-4-10-6-7-16-14(12(10)9-11)17-8-2-3-13(17)15(18)19/h4-7,9,13H,2-3,8H2,1H3,(H,18,19). The van der Waals surface area contributed by atoms with E-state index >= 15 is 0 Å². The Hall–Kier alpha value is -2.30. The average molecular weight is 272 g/mol. The second-order valence-corrected chi connectivity index (χ2v) is 4.91. The molecule has 1 aliphatic heterocycles. The molecule has 1 fully saturated rings. The number of hydrogen-bond acceptors (Lipinski definition) is 4. The third-order valence-corrected chi connectivity index (χ3v) is 3.76. The fourth-order valence-electron chi connectivity index (χ4n) is 2.76. The fraction of sp³-hybridized carbons (Fsp3) is 0.333. The largest absolute Gasteiger partial charge is 0.497 e. The summed E-state index contributed by atoms with van der Waals surface area (Å²) in [6.07, 6.45) is 3.26. The second kappa shape index (κ2) is 5.00. The number of nitrogens with zero attached hydrogens (tertiary/aromatic N) is 2. The van der Waals surface area contributed by atoms with Crippen LogP contribution in [0.2, 0.25) is 0 Å². The van der Waals surface area contributed by atoms with E-state index in [9.17, 15) is 9.90 Å². The summed E-state index contributed by atoms with van der Waals surface area (Å²) in [5, 5.41) is 11.3. The normalized spacial score (nSPS) is 18.4. The molecule has 2 aromatic rings. The van der Waals surface area contributed by atoms with Crippen molar-refractivity contribution >= 4 is 22.6 Å². The first kappa shape index (κ1) is 12.7. The van der Waals surface area contributed by atoms with Gasteiger partial charge in [-0.25, -0.2) is 9.78 Å². The van der Waals surface area contributed by atoms with Gasteiger partial charge in [0.25, 0.3) is 0 Å². The summed E-state index contributed by atoms with van der Waals surface area (Å²) in [4.78, 5) is 17.6. The zero-order chi connectivity index (χ0) is 14.1. The molecule has 0 bridgehead atoms. The molecular weight excluding hydrogens is 256 g/mol. The minimum absolute atomic E-state index is 0.487. The Kier molecular flexibility index (Phi) is 3.18. The summed E-state index contributed by atoms with van der Waals surface area (Å²) in [5.74, 6) is 0.688. The summed E-state index contributed by atoms with van der Waals surface area (Å²) in [5.41, 5.74) is 0. The molecule has 1 unspecified atom stereocenters. The van der Waals surface area contributed by atoms with E-state index in [1.54, 1.807) is 13.3 Å². The molecule has 3 rings (SSSR count). The van der Waals surface area contributed by atoms with Gasteiger partial charge in [-0.1, -0.05) is 6.07 Å². The molecule has 1 atom stereocenters. The van der Waals surface area contributed by atoms with Crippen LogP contribution in [0.5, 0.6) is 5.75 Å². The zero-order valence-electron chi connectivity index (χ0n) is 11.2. The van der Waals surface area contributed by atoms with E-state index in [1.165, 1.54) is 0 Å². The van der Waals surface area contributed by atoms with Crippen molar-refractivity contribution in [2.45, 2.75) is 18.9 Å². The minimum Gasteiger partial charge on any atom is -0.497 e. The van der Waals surface area contributed by atoms with Gasteiger partial charge in [0.15, 0.2) is 0 Å². The van der Waals surface area contributed by atoms with Gasteiger partial charge in [-0.2, -0.15) is 0 Å². The van der Waals surface area contributed by atoms with Crippen LogP contribution in [0.4, 0.5) is 5.82 Å². The molecule has 0 saturated carbocycles. The Morgan fingerprint density at radius 2 is 2.30 bits per heavy atom. The van der Waals surface area contributed by atoms with Crippen LogP contribution in [-0.2, 0) is 4.79 Å². The Labute approximate surface area is 116 Å². The summed E-state index contributed by atoms with van der Waals surface area (Å²) in [6.45, 7) is 0.723. The fourth-order valence-corrected chi connectivity index (χ4v) is 2.76. The van der Waals surface area contributed by atoms with Crippen LogP contribution >= 0.6 is 0 Å².